The number of carbonyl (C=O) groups excluding carboxylic acids is 2. The summed E-state index contributed by atoms with van der Waals surface area (Å²) in [5.74, 6) is 0.0715. The fraction of sp³-hybridized carbons (Fsp3) is 0.478. The van der Waals surface area contributed by atoms with E-state index >= 15 is 0 Å². The van der Waals surface area contributed by atoms with Crippen LogP contribution in [0.1, 0.15) is 29.6 Å². The van der Waals surface area contributed by atoms with Crippen molar-refractivity contribution < 1.29 is 23.5 Å². The van der Waals surface area contributed by atoms with Crippen molar-refractivity contribution in [2.75, 3.05) is 46.0 Å². The number of hydrogen-bond donors (Lipinski definition) is 0. The lowest BCUT2D eigenvalue weighted by Crippen LogP contribution is -2.52. The van der Waals surface area contributed by atoms with Gasteiger partial charge in [0.1, 0.15) is 17.9 Å². The molecule has 2 saturated heterocycles. The van der Waals surface area contributed by atoms with Crippen molar-refractivity contribution in [3.05, 3.63) is 54.4 Å². The molecule has 1 atom stereocenters. The number of morpholine rings is 1. The van der Waals surface area contributed by atoms with Gasteiger partial charge in [-0.1, -0.05) is 0 Å². The van der Waals surface area contributed by atoms with Gasteiger partial charge >= 0.3 is 0 Å². The third-order valence-corrected chi connectivity index (χ3v) is 6.00. The molecule has 2 aromatic rings. The van der Waals surface area contributed by atoms with Gasteiger partial charge in [-0.2, -0.15) is 0 Å². The van der Waals surface area contributed by atoms with Crippen LogP contribution in [-0.2, 0) is 9.53 Å². The summed E-state index contributed by atoms with van der Waals surface area (Å²) in [6.45, 7) is 3.43. The fourth-order valence-electron chi connectivity index (χ4n) is 4.30. The van der Waals surface area contributed by atoms with Crippen LogP contribution < -0.4 is 4.74 Å². The topological polar surface area (TPSA) is 84.9 Å². The second-order valence-corrected chi connectivity index (χ2v) is 8.37. The van der Waals surface area contributed by atoms with Gasteiger partial charge in [-0.15, -0.1) is 0 Å². The van der Waals surface area contributed by atoms with Crippen molar-refractivity contribution in [1.82, 2.24) is 19.8 Å². The molecule has 0 bridgehead atoms. The predicted molar refractivity (Wildman–Crippen MR) is 114 cm³/mol. The van der Waals surface area contributed by atoms with Crippen molar-refractivity contribution in [1.29, 1.82) is 0 Å². The van der Waals surface area contributed by atoms with Gasteiger partial charge in [0.15, 0.2) is 0 Å². The molecule has 0 N–H and O–H groups in total. The number of aromatic nitrogens is 2. The summed E-state index contributed by atoms with van der Waals surface area (Å²) < 4.78 is 24.6. The summed E-state index contributed by atoms with van der Waals surface area (Å²) in [4.78, 5) is 37.6. The summed E-state index contributed by atoms with van der Waals surface area (Å²) in [6, 6.07) is 5.82. The Bertz CT molecular complexity index is 921. The van der Waals surface area contributed by atoms with Gasteiger partial charge in [0, 0.05) is 50.4 Å². The van der Waals surface area contributed by atoms with Crippen LogP contribution in [0.4, 0.5) is 4.39 Å². The molecule has 0 radical (unpaired) electrons. The van der Waals surface area contributed by atoms with Crippen LogP contribution in [0.15, 0.2) is 43.0 Å². The molecular formula is C23H27FN4O4. The lowest BCUT2D eigenvalue weighted by Gasteiger charge is -2.43. The molecule has 32 heavy (non-hydrogen) atoms. The molecule has 9 heteroatoms. The van der Waals surface area contributed by atoms with E-state index in [1.54, 1.807) is 17.0 Å². The maximum Gasteiger partial charge on any atom is 0.257 e. The molecule has 4 rings (SSSR count). The van der Waals surface area contributed by atoms with E-state index in [0.717, 1.165) is 12.8 Å². The molecular weight excluding hydrogens is 415 g/mol. The molecule has 0 aliphatic carbocycles. The average Bonchev–Trinajstić information content (AvgIpc) is 2.84. The normalized spacial score (nSPS) is 21.3. The van der Waals surface area contributed by atoms with E-state index < -0.39 is 5.41 Å². The lowest BCUT2D eigenvalue weighted by molar-refractivity contribution is -0.139. The number of nitrogens with zero attached hydrogens (tertiary/aromatic N) is 4. The molecule has 2 aliphatic rings. The van der Waals surface area contributed by atoms with Crippen molar-refractivity contribution >= 4 is 11.8 Å². The predicted octanol–water partition coefficient (Wildman–Crippen LogP) is 2.17. The molecule has 8 nitrogen and oxygen atoms in total. The molecule has 2 aliphatic heterocycles. The first-order chi connectivity index (χ1) is 15.5. The maximum atomic E-state index is 13.3. The molecule has 1 aromatic heterocycles. The first kappa shape index (κ1) is 22.1. The van der Waals surface area contributed by atoms with Gasteiger partial charge in [0.05, 0.1) is 25.4 Å². The number of hydrogen-bond acceptors (Lipinski definition) is 6. The number of halogens is 1. The number of amides is 2. The molecule has 1 unspecified atom stereocenters. The highest BCUT2D eigenvalue weighted by molar-refractivity contribution is 5.93. The Balaban J connectivity index is 1.52. The fourth-order valence-corrected chi connectivity index (χ4v) is 4.30. The number of benzene rings is 1. The standard InChI is InChI=1S/C23H27FN4O4/c24-19-2-4-20(5-3-19)32-16-23(12-21(29)27-8-10-31-11-9-27)6-1-7-28(15-23)22(30)18-13-25-17-26-14-18/h2-5,13-14,17H,1,6-12,15-16H2. The van der Waals surface area contributed by atoms with Crippen LogP contribution in [0.5, 0.6) is 5.75 Å². The van der Waals surface area contributed by atoms with E-state index in [1.165, 1.54) is 30.9 Å². The van der Waals surface area contributed by atoms with E-state index in [4.69, 9.17) is 9.47 Å². The summed E-state index contributed by atoms with van der Waals surface area (Å²) in [5.41, 5.74) is -0.130. The molecule has 3 heterocycles. The van der Waals surface area contributed by atoms with Crippen molar-refractivity contribution in [3.63, 3.8) is 0 Å². The van der Waals surface area contributed by atoms with E-state index in [9.17, 15) is 14.0 Å². The second-order valence-electron chi connectivity index (χ2n) is 8.37. The highest BCUT2D eigenvalue weighted by atomic mass is 19.1. The molecule has 0 spiro atoms. The molecule has 2 fully saturated rings. The van der Waals surface area contributed by atoms with Gasteiger partial charge in [-0.25, -0.2) is 14.4 Å². The Morgan fingerprint density at radius 2 is 1.78 bits per heavy atom. The van der Waals surface area contributed by atoms with Crippen molar-refractivity contribution in [2.24, 2.45) is 5.41 Å². The average molecular weight is 442 g/mol. The van der Waals surface area contributed by atoms with Gasteiger partial charge in [-0.05, 0) is 37.1 Å². The summed E-state index contributed by atoms with van der Waals surface area (Å²) >= 11 is 0. The minimum atomic E-state index is -0.548. The Morgan fingerprint density at radius 1 is 1.06 bits per heavy atom. The first-order valence-electron chi connectivity index (χ1n) is 10.8. The number of piperidine rings is 1. The maximum absolute atomic E-state index is 13.3. The molecule has 170 valence electrons. The Kier molecular flexibility index (Phi) is 6.94. The Hall–Kier alpha value is -3.07. The van der Waals surface area contributed by atoms with Gasteiger partial charge in [0.2, 0.25) is 5.91 Å². The zero-order valence-electron chi connectivity index (χ0n) is 17.9. The smallest absolute Gasteiger partial charge is 0.257 e. The van der Waals surface area contributed by atoms with Gasteiger partial charge < -0.3 is 19.3 Å². The van der Waals surface area contributed by atoms with Gasteiger partial charge in [-0.3, -0.25) is 9.59 Å². The summed E-state index contributed by atoms with van der Waals surface area (Å²) in [7, 11) is 0. The lowest BCUT2D eigenvalue weighted by atomic mass is 9.77. The van der Waals surface area contributed by atoms with E-state index in [0.29, 0.717) is 50.7 Å². The number of ether oxygens (including phenoxy) is 2. The zero-order valence-corrected chi connectivity index (χ0v) is 17.9. The number of carbonyl (C=O) groups is 2. The SMILES string of the molecule is O=C(CC1(COc2ccc(F)cc2)CCCN(C(=O)c2cncnc2)C1)N1CCOCC1. The zero-order chi connectivity index (χ0) is 22.4. The largest absolute Gasteiger partial charge is 0.493 e. The van der Waals surface area contributed by atoms with Crippen molar-refractivity contribution in [3.8, 4) is 5.75 Å². The van der Waals surface area contributed by atoms with Crippen LogP contribution in [0.2, 0.25) is 0 Å². The Labute approximate surface area is 186 Å². The minimum Gasteiger partial charge on any atom is -0.493 e. The van der Waals surface area contributed by atoms with E-state index in [1.807, 2.05) is 4.90 Å². The highest BCUT2D eigenvalue weighted by Crippen LogP contribution is 2.36. The quantitative estimate of drug-likeness (QED) is 0.682. The third kappa shape index (κ3) is 5.40. The molecule has 0 saturated carbocycles. The minimum absolute atomic E-state index is 0.0355. The van der Waals surface area contributed by atoms with Crippen LogP contribution in [-0.4, -0.2) is 77.6 Å². The number of likely N-dealkylation sites (tertiary alicyclic amines) is 1. The monoisotopic (exact) mass is 442 g/mol. The second kappa shape index (κ2) is 10.0. The molecule has 1 aromatic carbocycles. The number of rotatable bonds is 6. The van der Waals surface area contributed by atoms with Gasteiger partial charge in [0.25, 0.3) is 5.91 Å². The Morgan fingerprint density at radius 3 is 2.50 bits per heavy atom. The van der Waals surface area contributed by atoms with E-state index in [2.05, 4.69) is 9.97 Å². The van der Waals surface area contributed by atoms with Crippen LogP contribution in [0.25, 0.3) is 0 Å². The van der Waals surface area contributed by atoms with Crippen LogP contribution in [0, 0.1) is 11.2 Å². The highest BCUT2D eigenvalue weighted by Gasteiger charge is 2.41. The molecule has 2 amide bonds. The summed E-state index contributed by atoms with van der Waals surface area (Å²) in [5, 5.41) is 0. The van der Waals surface area contributed by atoms with Crippen LogP contribution in [0.3, 0.4) is 0 Å². The van der Waals surface area contributed by atoms with Crippen LogP contribution >= 0.6 is 0 Å². The van der Waals surface area contributed by atoms with Crippen molar-refractivity contribution in [2.45, 2.75) is 19.3 Å². The van der Waals surface area contributed by atoms with E-state index in [-0.39, 0.29) is 30.7 Å². The first-order valence-corrected chi connectivity index (χ1v) is 10.8. The third-order valence-electron chi connectivity index (χ3n) is 6.00. The summed E-state index contributed by atoms with van der Waals surface area (Å²) in [6.07, 6.45) is 6.15.